The van der Waals surface area contributed by atoms with Crippen molar-refractivity contribution in [1.82, 2.24) is 4.90 Å². The Morgan fingerprint density at radius 2 is 1.82 bits per heavy atom. The minimum Gasteiger partial charge on any atom is -0.481 e. The lowest BCUT2D eigenvalue weighted by Crippen LogP contribution is -2.37. The molecule has 2 rings (SSSR count). The highest BCUT2D eigenvalue weighted by Gasteiger charge is 2.21. The van der Waals surface area contributed by atoms with E-state index in [2.05, 4.69) is 4.90 Å². The Balaban J connectivity index is 1.91. The van der Waals surface area contributed by atoms with Gasteiger partial charge in [-0.3, -0.25) is 9.69 Å². The highest BCUT2D eigenvalue weighted by Crippen LogP contribution is 2.24. The molecule has 0 spiro atoms. The van der Waals surface area contributed by atoms with E-state index in [0.717, 1.165) is 31.5 Å². The fourth-order valence-electron chi connectivity index (χ4n) is 3.25. The van der Waals surface area contributed by atoms with Crippen LogP contribution in [-0.4, -0.2) is 28.6 Å². The SMILES string of the molecule is O=C(O)CCCCN(Cc1ccc(F)cc1)C1CCCCC1. The van der Waals surface area contributed by atoms with Crippen molar-refractivity contribution < 1.29 is 14.3 Å². The standard InChI is InChI=1S/C18H26FNO2/c19-16-11-9-15(10-12-16)14-20(13-5-4-8-18(21)22)17-6-2-1-3-7-17/h9-12,17H,1-8,13-14H2,(H,21,22). The van der Waals surface area contributed by atoms with Crippen LogP contribution in [0.15, 0.2) is 24.3 Å². The van der Waals surface area contributed by atoms with Gasteiger partial charge in [-0.15, -0.1) is 0 Å². The van der Waals surface area contributed by atoms with Crippen molar-refractivity contribution >= 4 is 5.97 Å². The van der Waals surface area contributed by atoms with Gasteiger partial charge in [0.05, 0.1) is 0 Å². The van der Waals surface area contributed by atoms with E-state index in [1.54, 1.807) is 0 Å². The molecule has 4 heteroatoms. The molecule has 0 aliphatic heterocycles. The van der Waals surface area contributed by atoms with Crippen LogP contribution in [0.3, 0.4) is 0 Å². The molecule has 122 valence electrons. The average Bonchev–Trinajstić information content (AvgIpc) is 2.53. The van der Waals surface area contributed by atoms with Crippen LogP contribution in [0.25, 0.3) is 0 Å². The summed E-state index contributed by atoms with van der Waals surface area (Å²) >= 11 is 0. The van der Waals surface area contributed by atoms with Crippen molar-refractivity contribution in [1.29, 1.82) is 0 Å². The van der Waals surface area contributed by atoms with Crippen LogP contribution >= 0.6 is 0 Å². The molecule has 0 saturated heterocycles. The molecule has 1 N–H and O–H groups in total. The first kappa shape index (κ1) is 16.9. The van der Waals surface area contributed by atoms with E-state index < -0.39 is 5.97 Å². The van der Waals surface area contributed by atoms with Gasteiger partial charge in [0.2, 0.25) is 0 Å². The normalized spacial score (nSPS) is 16.1. The smallest absolute Gasteiger partial charge is 0.303 e. The highest BCUT2D eigenvalue weighted by atomic mass is 19.1. The minimum atomic E-state index is -0.720. The number of carboxylic acid groups (broad SMARTS) is 1. The first-order valence-electron chi connectivity index (χ1n) is 8.35. The van der Waals surface area contributed by atoms with Crippen LogP contribution < -0.4 is 0 Å². The van der Waals surface area contributed by atoms with Crippen molar-refractivity contribution in [2.45, 2.75) is 64.0 Å². The third-order valence-corrected chi connectivity index (χ3v) is 4.48. The lowest BCUT2D eigenvalue weighted by molar-refractivity contribution is -0.137. The van der Waals surface area contributed by atoms with E-state index in [1.165, 1.54) is 44.2 Å². The van der Waals surface area contributed by atoms with Crippen molar-refractivity contribution in [2.75, 3.05) is 6.54 Å². The van der Waals surface area contributed by atoms with E-state index in [0.29, 0.717) is 6.04 Å². The lowest BCUT2D eigenvalue weighted by Gasteiger charge is -2.34. The second-order valence-corrected chi connectivity index (χ2v) is 6.24. The van der Waals surface area contributed by atoms with Gasteiger partial charge in [0, 0.05) is 19.0 Å². The maximum absolute atomic E-state index is 13.0. The molecular weight excluding hydrogens is 281 g/mol. The molecule has 3 nitrogen and oxygen atoms in total. The molecule has 1 saturated carbocycles. The van der Waals surface area contributed by atoms with Crippen LogP contribution in [0.5, 0.6) is 0 Å². The Bertz CT molecular complexity index is 455. The quantitative estimate of drug-likeness (QED) is 0.731. The fourth-order valence-corrected chi connectivity index (χ4v) is 3.25. The Morgan fingerprint density at radius 3 is 2.45 bits per heavy atom. The van der Waals surface area contributed by atoms with Gasteiger partial charge in [-0.25, -0.2) is 4.39 Å². The van der Waals surface area contributed by atoms with Crippen LogP contribution in [0.1, 0.15) is 56.9 Å². The van der Waals surface area contributed by atoms with Crippen LogP contribution in [0, 0.1) is 5.82 Å². The number of aliphatic carboxylic acids is 1. The summed E-state index contributed by atoms with van der Waals surface area (Å²) in [4.78, 5) is 13.1. The summed E-state index contributed by atoms with van der Waals surface area (Å²) in [6.45, 7) is 1.76. The van der Waals surface area contributed by atoms with Crippen LogP contribution in [0.4, 0.5) is 4.39 Å². The topological polar surface area (TPSA) is 40.5 Å². The molecule has 0 radical (unpaired) electrons. The Hall–Kier alpha value is -1.42. The van der Waals surface area contributed by atoms with Crippen molar-refractivity contribution in [3.8, 4) is 0 Å². The molecule has 0 atom stereocenters. The first-order chi connectivity index (χ1) is 10.6. The largest absolute Gasteiger partial charge is 0.481 e. The number of carbonyl (C=O) groups is 1. The molecule has 1 fully saturated rings. The average molecular weight is 307 g/mol. The van der Waals surface area contributed by atoms with Crippen LogP contribution in [0.2, 0.25) is 0 Å². The molecular formula is C18H26FNO2. The molecule has 0 aromatic heterocycles. The summed E-state index contributed by atoms with van der Waals surface area (Å²) in [5, 5.41) is 8.74. The predicted octanol–water partition coefficient (Wildman–Crippen LogP) is 4.22. The molecule has 1 aliphatic rings. The zero-order valence-corrected chi connectivity index (χ0v) is 13.1. The summed E-state index contributed by atoms with van der Waals surface area (Å²) in [6, 6.07) is 7.31. The minimum absolute atomic E-state index is 0.200. The zero-order chi connectivity index (χ0) is 15.8. The Kier molecular flexibility index (Phi) is 6.84. The van der Waals surface area contributed by atoms with Gasteiger partial charge in [0.25, 0.3) is 0 Å². The Morgan fingerprint density at radius 1 is 1.14 bits per heavy atom. The van der Waals surface area contributed by atoms with Crippen molar-refractivity contribution in [3.05, 3.63) is 35.6 Å². The number of rotatable bonds is 8. The number of hydrogen-bond donors (Lipinski definition) is 1. The molecule has 0 heterocycles. The number of nitrogens with zero attached hydrogens (tertiary/aromatic N) is 1. The summed E-state index contributed by atoms with van der Waals surface area (Å²) in [5.41, 5.74) is 1.13. The maximum atomic E-state index is 13.0. The van der Waals surface area contributed by atoms with Gasteiger partial charge in [-0.2, -0.15) is 0 Å². The molecule has 1 aliphatic carbocycles. The molecule has 0 amide bonds. The van der Waals surface area contributed by atoms with E-state index in [4.69, 9.17) is 5.11 Å². The number of unbranched alkanes of at least 4 members (excludes halogenated alkanes) is 1. The summed E-state index contributed by atoms with van der Waals surface area (Å²) < 4.78 is 13.0. The third kappa shape index (κ3) is 5.76. The summed E-state index contributed by atoms with van der Waals surface area (Å²) in [5.74, 6) is -0.919. The second kappa shape index (κ2) is 8.89. The number of halogens is 1. The predicted molar refractivity (Wildman–Crippen MR) is 85.2 cm³/mol. The van der Waals surface area contributed by atoms with E-state index in [1.807, 2.05) is 12.1 Å². The molecule has 0 unspecified atom stereocenters. The van der Waals surface area contributed by atoms with Gasteiger partial charge in [0.1, 0.15) is 5.82 Å². The number of hydrogen-bond acceptors (Lipinski definition) is 2. The van der Waals surface area contributed by atoms with Crippen LogP contribution in [-0.2, 0) is 11.3 Å². The Labute approximate surface area is 132 Å². The van der Waals surface area contributed by atoms with Crippen molar-refractivity contribution in [3.63, 3.8) is 0 Å². The van der Waals surface area contributed by atoms with Gasteiger partial charge >= 0.3 is 5.97 Å². The number of carboxylic acids is 1. The molecule has 22 heavy (non-hydrogen) atoms. The van der Waals surface area contributed by atoms with Gasteiger partial charge in [-0.05, 0) is 49.9 Å². The highest BCUT2D eigenvalue weighted by molar-refractivity contribution is 5.66. The monoisotopic (exact) mass is 307 g/mol. The maximum Gasteiger partial charge on any atom is 0.303 e. The van der Waals surface area contributed by atoms with Crippen molar-refractivity contribution in [2.24, 2.45) is 0 Å². The lowest BCUT2D eigenvalue weighted by atomic mass is 9.93. The first-order valence-corrected chi connectivity index (χ1v) is 8.35. The molecule has 0 bridgehead atoms. The third-order valence-electron chi connectivity index (χ3n) is 4.48. The van der Waals surface area contributed by atoms with E-state index >= 15 is 0 Å². The van der Waals surface area contributed by atoms with E-state index in [9.17, 15) is 9.18 Å². The second-order valence-electron chi connectivity index (χ2n) is 6.24. The van der Waals surface area contributed by atoms with Gasteiger partial charge in [-0.1, -0.05) is 31.4 Å². The molecule has 1 aromatic rings. The molecule has 1 aromatic carbocycles. The summed E-state index contributed by atoms with van der Waals surface area (Å²) in [7, 11) is 0. The summed E-state index contributed by atoms with van der Waals surface area (Å²) in [6.07, 6.45) is 8.20. The van der Waals surface area contributed by atoms with E-state index in [-0.39, 0.29) is 12.2 Å². The number of benzene rings is 1. The fraction of sp³-hybridized carbons (Fsp3) is 0.611. The van der Waals surface area contributed by atoms with Gasteiger partial charge in [0.15, 0.2) is 0 Å². The zero-order valence-electron chi connectivity index (χ0n) is 13.1. The van der Waals surface area contributed by atoms with Gasteiger partial charge < -0.3 is 5.11 Å².